The number of benzene rings is 2. The Bertz CT molecular complexity index is 622. The molecular weight excluding hydrogens is 292 g/mol. The van der Waals surface area contributed by atoms with Crippen molar-refractivity contribution in [3.05, 3.63) is 60.2 Å². The molecule has 2 aromatic rings. The van der Waals surface area contributed by atoms with Gasteiger partial charge in [0.25, 0.3) is 0 Å². The van der Waals surface area contributed by atoms with Crippen LogP contribution in [0, 0.1) is 0 Å². The molecule has 0 aliphatic carbocycles. The fraction of sp³-hybridized carbons (Fsp3) is 0.125. The van der Waals surface area contributed by atoms with Crippen LogP contribution < -0.4 is 9.47 Å². The molecule has 0 aromatic heterocycles. The van der Waals surface area contributed by atoms with E-state index in [0.29, 0.717) is 17.1 Å². The van der Waals surface area contributed by atoms with E-state index in [2.05, 4.69) is 0 Å². The van der Waals surface area contributed by atoms with Gasteiger partial charge in [0.05, 0.1) is 7.11 Å². The first kappa shape index (κ1) is 15.1. The predicted molar refractivity (Wildman–Crippen MR) is 79.0 cm³/mol. The Balaban J connectivity index is 2.03. The van der Waals surface area contributed by atoms with Crippen LogP contribution in [0.15, 0.2) is 54.6 Å². The summed E-state index contributed by atoms with van der Waals surface area (Å²) >= 11 is 5.88. The normalized spacial score (nSPS) is 11.5. The molecule has 0 radical (unpaired) electrons. The number of hydrogen-bond acceptors (Lipinski definition) is 4. The average Bonchev–Trinajstić information content (AvgIpc) is 2.55. The number of rotatable bonds is 5. The average molecular weight is 305 g/mol. The second-order valence-corrected chi connectivity index (χ2v) is 4.63. The molecule has 21 heavy (non-hydrogen) atoms. The topological polar surface area (TPSA) is 52.6 Å². The van der Waals surface area contributed by atoms with E-state index in [1.54, 1.807) is 54.6 Å². The van der Waals surface area contributed by atoms with E-state index >= 15 is 0 Å². The van der Waals surface area contributed by atoms with Crippen LogP contribution in [0.2, 0.25) is 0 Å². The highest BCUT2D eigenvalue weighted by molar-refractivity contribution is 6.43. The van der Waals surface area contributed by atoms with Crippen LogP contribution in [0.4, 0.5) is 0 Å². The van der Waals surface area contributed by atoms with E-state index in [0.717, 1.165) is 0 Å². The lowest BCUT2D eigenvalue weighted by Crippen LogP contribution is -2.29. The summed E-state index contributed by atoms with van der Waals surface area (Å²) in [5.74, 6) is -0.364. The minimum atomic E-state index is -1.38. The Morgan fingerprint density at radius 3 is 2.10 bits per heavy atom. The largest absolute Gasteiger partial charge is 0.497 e. The molecule has 0 amide bonds. The monoisotopic (exact) mass is 304 g/mol. The standard InChI is InChI=1S/C16H13ClO4/c1-20-12-7-9-13(10-8-12)21-16(19)14(17)15(18)11-5-3-2-4-6-11/h2-10,14H,1H3. The van der Waals surface area contributed by atoms with Crippen LogP contribution in [0.5, 0.6) is 11.5 Å². The number of alkyl halides is 1. The lowest BCUT2D eigenvalue weighted by atomic mass is 10.1. The molecule has 2 aromatic carbocycles. The van der Waals surface area contributed by atoms with Crippen molar-refractivity contribution in [1.29, 1.82) is 0 Å². The summed E-state index contributed by atoms with van der Waals surface area (Å²) in [7, 11) is 1.54. The highest BCUT2D eigenvalue weighted by atomic mass is 35.5. The minimum absolute atomic E-state index is 0.298. The second kappa shape index (κ2) is 6.90. The molecule has 0 spiro atoms. The molecule has 108 valence electrons. The van der Waals surface area contributed by atoms with Crippen molar-refractivity contribution in [2.45, 2.75) is 5.38 Å². The molecule has 0 bridgehead atoms. The number of ketones is 1. The molecule has 0 saturated heterocycles. The van der Waals surface area contributed by atoms with Crippen LogP contribution in [0.1, 0.15) is 10.4 Å². The summed E-state index contributed by atoms with van der Waals surface area (Å²) in [6.45, 7) is 0. The molecule has 1 atom stereocenters. The number of hydrogen-bond donors (Lipinski definition) is 0. The summed E-state index contributed by atoms with van der Waals surface area (Å²) in [5, 5.41) is -1.38. The van der Waals surface area contributed by atoms with E-state index < -0.39 is 17.1 Å². The number of carbonyl (C=O) groups is 2. The summed E-state index contributed by atoms with van der Waals surface area (Å²) in [4.78, 5) is 23.9. The molecule has 0 aliphatic rings. The van der Waals surface area contributed by atoms with Crippen molar-refractivity contribution in [1.82, 2.24) is 0 Å². The zero-order valence-corrected chi connectivity index (χ0v) is 12.0. The van der Waals surface area contributed by atoms with Gasteiger partial charge in [-0.05, 0) is 24.3 Å². The molecule has 1 unspecified atom stereocenters. The van der Waals surface area contributed by atoms with Crippen molar-refractivity contribution >= 4 is 23.4 Å². The van der Waals surface area contributed by atoms with Gasteiger partial charge in [-0.2, -0.15) is 0 Å². The highest BCUT2D eigenvalue weighted by Crippen LogP contribution is 2.19. The smallest absolute Gasteiger partial charge is 0.337 e. The van der Waals surface area contributed by atoms with Crippen LogP contribution in [-0.2, 0) is 4.79 Å². The van der Waals surface area contributed by atoms with E-state index in [-0.39, 0.29) is 0 Å². The van der Waals surface area contributed by atoms with E-state index in [1.807, 2.05) is 0 Å². The second-order valence-electron chi connectivity index (χ2n) is 4.19. The first-order valence-corrected chi connectivity index (χ1v) is 6.64. The van der Waals surface area contributed by atoms with Crippen LogP contribution in [0.3, 0.4) is 0 Å². The lowest BCUT2D eigenvalue weighted by Gasteiger charge is -2.09. The lowest BCUT2D eigenvalue weighted by molar-refractivity contribution is -0.133. The first-order chi connectivity index (χ1) is 10.1. The Morgan fingerprint density at radius 2 is 1.52 bits per heavy atom. The zero-order valence-electron chi connectivity index (χ0n) is 11.3. The molecule has 5 heteroatoms. The van der Waals surface area contributed by atoms with Crippen molar-refractivity contribution in [2.24, 2.45) is 0 Å². The molecule has 2 rings (SSSR count). The number of Topliss-reactive ketones (excluding diaryl/α,β-unsaturated/α-hetero) is 1. The number of ether oxygens (including phenoxy) is 2. The van der Waals surface area contributed by atoms with Gasteiger partial charge in [-0.3, -0.25) is 4.79 Å². The quantitative estimate of drug-likeness (QED) is 0.280. The fourth-order valence-electron chi connectivity index (χ4n) is 1.67. The van der Waals surface area contributed by atoms with Crippen LogP contribution in [-0.4, -0.2) is 24.2 Å². The van der Waals surface area contributed by atoms with Gasteiger partial charge >= 0.3 is 5.97 Å². The molecule has 0 aliphatic heterocycles. The van der Waals surface area contributed by atoms with Crippen LogP contribution >= 0.6 is 11.6 Å². The molecule has 0 fully saturated rings. The van der Waals surface area contributed by atoms with Crippen molar-refractivity contribution < 1.29 is 19.1 Å². The Kier molecular flexibility index (Phi) is 4.95. The fourth-order valence-corrected chi connectivity index (χ4v) is 1.84. The van der Waals surface area contributed by atoms with Gasteiger partial charge in [0, 0.05) is 5.56 Å². The maximum Gasteiger partial charge on any atom is 0.337 e. The molecule has 0 N–H and O–H groups in total. The van der Waals surface area contributed by atoms with Crippen LogP contribution in [0.25, 0.3) is 0 Å². The number of halogens is 1. The van der Waals surface area contributed by atoms with Gasteiger partial charge in [-0.15, -0.1) is 11.6 Å². The number of methoxy groups -OCH3 is 1. The summed E-state index contributed by atoms with van der Waals surface area (Å²) in [5.41, 5.74) is 0.365. The summed E-state index contributed by atoms with van der Waals surface area (Å²) in [6, 6.07) is 14.8. The zero-order chi connectivity index (χ0) is 15.2. The Morgan fingerprint density at radius 1 is 0.952 bits per heavy atom. The van der Waals surface area contributed by atoms with Gasteiger partial charge in [0.2, 0.25) is 0 Å². The number of esters is 1. The Hall–Kier alpha value is -2.33. The maximum atomic E-state index is 12.0. The third kappa shape index (κ3) is 3.83. The van der Waals surface area contributed by atoms with Crippen molar-refractivity contribution in [2.75, 3.05) is 7.11 Å². The molecule has 4 nitrogen and oxygen atoms in total. The molecule has 0 heterocycles. The van der Waals surface area contributed by atoms with Gasteiger partial charge < -0.3 is 9.47 Å². The first-order valence-electron chi connectivity index (χ1n) is 6.21. The molecule has 0 saturated carbocycles. The van der Waals surface area contributed by atoms with Gasteiger partial charge in [0.1, 0.15) is 11.5 Å². The Labute approximate surface area is 127 Å². The van der Waals surface area contributed by atoms with Crippen molar-refractivity contribution in [3.8, 4) is 11.5 Å². The minimum Gasteiger partial charge on any atom is -0.497 e. The third-order valence-corrected chi connectivity index (χ3v) is 3.15. The van der Waals surface area contributed by atoms with E-state index in [4.69, 9.17) is 21.1 Å². The predicted octanol–water partition coefficient (Wildman–Crippen LogP) is 3.09. The van der Waals surface area contributed by atoms with Gasteiger partial charge in [-0.1, -0.05) is 30.3 Å². The van der Waals surface area contributed by atoms with Crippen molar-refractivity contribution in [3.63, 3.8) is 0 Å². The highest BCUT2D eigenvalue weighted by Gasteiger charge is 2.27. The summed E-state index contributed by atoms with van der Waals surface area (Å²) < 4.78 is 10.1. The van der Waals surface area contributed by atoms with Gasteiger partial charge in [0.15, 0.2) is 11.2 Å². The van der Waals surface area contributed by atoms with E-state index in [1.165, 1.54) is 7.11 Å². The van der Waals surface area contributed by atoms with E-state index in [9.17, 15) is 9.59 Å². The molecular formula is C16H13ClO4. The SMILES string of the molecule is COc1ccc(OC(=O)C(Cl)C(=O)c2ccccc2)cc1. The third-order valence-electron chi connectivity index (χ3n) is 2.77. The summed E-state index contributed by atoms with van der Waals surface area (Å²) in [6.07, 6.45) is 0. The maximum absolute atomic E-state index is 12.0. The number of carbonyl (C=O) groups excluding carboxylic acids is 2. The van der Waals surface area contributed by atoms with Gasteiger partial charge in [-0.25, -0.2) is 4.79 Å².